The van der Waals surface area contributed by atoms with Gasteiger partial charge in [-0.3, -0.25) is 0 Å². The van der Waals surface area contributed by atoms with Gasteiger partial charge in [0.05, 0.1) is 0 Å². The molecule has 0 nitrogen and oxygen atoms in total. The van der Waals surface area contributed by atoms with Crippen molar-refractivity contribution in [1.82, 2.24) is 0 Å². The number of hydrogen-bond acceptors (Lipinski definition) is 0. The van der Waals surface area contributed by atoms with E-state index < -0.39 is 0 Å². The molecule has 0 unspecified atom stereocenters. The van der Waals surface area contributed by atoms with Crippen molar-refractivity contribution >= 4 is 34.8 Å². The van der Waals surface area contributed by atoms with Crippen LogP contribution in [-0.4, -0.2) is 5.88 Å². The molecule has 0 N–H and O–H groups in total. The van der Waals surface area contributed by atoms with Crippen LogP contribution in [0.4, 0.5) is 0 Å². The van der Waals surface area contributed by atoms with Crippen LogP contribution in [0.25, 0.3) is 0 Å². The summed E-state index contributed by atoms with van der Waals surface area (Å²) < 4.78 is 0. The predicted molar refractivity (Wildman–Crippen MR) is 55.2 cm³/mol. The number of halogens is 3. The smallest absolute Gasteiger partial charge is 0.0445 e. The number of rotatable bonds is 2. The SMILES string of the molecule is C[C](CCl)c1cc(Cl)ccc1Cl. The second kappa shape index (κ2) is 4.36. The average Bonchev–Trinajstić information content (AvgIpc) is 2.08. The van der Waals surface area contributed by atoms with Crippen molar-refractivity contribution in [3.05, 3.63) is 39.7 Å². The van der Waals surface area contributed by atoms with Gasteiger partial charge in [-0.2, -0.15) is 0 Å². The normalized spacial score (nSPS) is 10.8. The highest BCUT2D eigenvalue weighted by Gasteiger charge is 2.09. The molecule has 1 rings (SSSR count). The summed E-state index contributed by atoms with van der Waals surface area (Å²) in [5, 5.41) is 1.37. The van der Waals surface area contributed by atoms with Gasteiger partial charge >= 0.3 is 0 Å². The van der Waals surface area contributed by atoms with Crippen molar-refractivity contribution in [3.63, 3.8) is 0 Å². The third-order valence-corrected chi connectivity index (χ3v) is 2.55. The Balaban J connectivity index is 3.04. The molecule has 0 amide bonds. The Bertz CT molecular complexity index is 270. The van der Waals surface area contributed by atoms with Crippen LogP contribution in [0.15, 0.2) is 18.2 Å². The maximum absolute atomic E-state index is 5.93. The van der Waals surface area contributed by atoms with E-state index in [0.29, 0.717) is 15.9 Å². The van der Waals surface area contributed by atoms with Crippen LogP contribution in [0.2, 0.25) is 10.0 Å². The Morgan fingerprint density at radius 2 is 2.00 bits per heavy atom. The summed E-state index contributed by atoms with van der Waals surface area (Å²) in [4.78, 5) is 0. The molecule has 1 aromatic carbocycles. The van der Waals surface area contributed by atoms with E-state index in [2.05, 4.69) is 0 Å². The lowest BCUT2D eigenvalue weighted by atomic mass is 10.0. The fourth-order valence-corrected chi connectivity index (χ4v) is 1.49. The van der Waals surface area contributed by atoms with Gasteiger partial charge in [0.1, 0.15) is 0 Å². The highest BCUT2D eigenvalue weighted by Crippen LogP contribution is 2.27. The fourth-order valence-electron chi connectivity index (χ4n) is 0.897. The molecule has 0 aliphatic rings. The molecule has 0 saturated carbocycles. The van der Waals surface area contributed by atoms with Gasteiger partial charge in [-0.15, -0.1) is 11.6 Å². The summed E-state index contributed by atoms with van der Waals surface area (Å²) in [5.41, 5.74) is 0.930. The van der Waals surface area contributed by atoms with Gasteiger partial charge in [0.2, 0.25) is 0 Å². The highest BCUT2D eigenvalue weighted by atomic mass is 35.5. The lowest BCUT2D eigenvalue weighted by Crippen LogP contribution is -1.96. The molecular formula is C9H8Cl3. The summed E-state index contributed by atoms with van der Waals surface area (Å²) in [5.74, 6) is 1.50. The van der Waals surface area contributed by atoms with Crippen molar-refractivity contribution in [1.29, 1.82) is 0 Å². The van der Waals surface area contributed by atoms with E-state index in [4.69, 9.17) is 34.8 Å². The zero-order valence-electron chi connectivity index (χ0n) is 6.57. The lowest BCUT2D eigenvalue weighted by Gasteiger charge is -2.09. The van der Waals surface area contributed by atoms with Crippen molar-refractivity contribution in [3.8, 4) is 0 Å². The molecule has 1 aromatic rings. The zero-order valence-corrected chi connectivity index (χ0v) is 8.84. The minimum atomic E-state index is 0.472. The molecule has 12 heavy (non-hydrogen) atoms. The van der Waals surface area contributed by atoms with E-state index in [9.17, 15) is 0 Å². The van der Waals surface area contributed by atoms with Crippen LogP contribution in [0, 0.1) is 5.92 Å². The Morgan fingerprint density at radius 1 is 1.33 bits per heavy atom. The fraction of sp³-hybridized carbons (Fsp3) is 0.222. The number of hydrogen-bond donors (Lipinski definition) is 0. The van der Waals surface area contributed by atoms with Crippen LogP contribution in [0.5, 0.6) is 0 Å². The summed E-state index contributed by atoms with van der Waals surface area (Å²) in [6, 6.07) is 5.35. The molecule has 1 radical (unpaired) electrons. The molecular weight excluding hydrogens is 214 g/mol. The minimum absolute atomic E-state index is 0.472. The Kier molecular flexibility index (Phi) is 3.70. The molecule has 0 aromatic heterocycles. The third kappa shape index (κ3) is 2.29. The van der Waals surface area contributed by atoms with Crippen molar-refractivity contribution in [2.24, 2.45) is 0 Å². The summed E-state index contributed by atoms with van der Waals surface area (Å²) in [6.45, 7) is 1.94. The first kappa shape index (κ1) is 10.2. The number of alkyl halides is 1. The predicted octanol–water partition coefficient (Wildman–Crippen LogP) is 4.17. The van der Waals surface area contributed by atoms with E-state index in [1.807, 2.05) is 13.0 Å². The molecule has 0 heterocycles. The van der Waals surface area contributed by atoms with E-state index in [-0.39, 0.29) is 0 Å². The van der Waals surface area contributed by atoms with E-state index in [0.717, 1.165) is 11.5 Å². The van der Waals surface area contributed by atoms with Crippen LogP contribution in [-0.2, 0) is 0 Å². The van der Waals surface area contributed by atoms with Gasteiger partial charge in [-0.25, -0.2) is 0 Å². The monoisotopic (exact) mass is 221 g/mol. The van der Waals surface area contributed by atoms with Gasteiger partial charge in [0.15, 0.2) is 0 Å². The first-order valence-electron chi connectivity index (χ1n) is 3.49. The van der Waals surface area contributed by atoms with Gasteiger partial charge in [0.25, 0.3) is 0 Å². The van der Waals surface area contributed by atoms with Crippen molar-refractivity contribution < 1.29 is 0 Å². The minimum Gasteiger partial charge on any atom is -0.126 e. The molecule has 0 fully saturated rings. The van der Waals surface area contributed by atoms with E-state index >= 15 is 0 Å². The maximum atomic E-state index is 5.93. The molecule has 0 spiro atoms. The molecule has 0 saturated heterocycles. The summed E-state index contributed by atoms with van der Waals surface area (Å²) in [7, 11) is 0. The number of benzene rings is 1. The Labute approximate surface area is 87.4 Å². The summed E-state index contributed by atoms with van der Waals surface area (Å²) in [6.07, 6.45) is 0. The Morgan fingerprint density at radius 3 is 2.58 bits per heavy atom. The van der Waals surface area contributed by atoms with Gasteiger partial charge in [0, 0.05) is 21.8 Å². The van der Waals surface area contributed by atoms with Crippen molar-refractivity contribution in [2.45, 2.75) is 6.92 Å². The second-order valence-electron chi connectivity index (χ2n) is 2.54. The molecule has 0 bridgehead atoms. The zero-order chi connectivity index (χ0) is 9.14. The van der Waals surface area contributed by atoms with Crippen molar-refractivity contribution in [2.75, 3.05) is 5.88 Å². The second-order valence-corrected chi connectivity index (χ2v) is 3.65. The van der Waals surface area contributed by atoms with E-state index in [1.165, 1.54) is 0 Å². The summed E-state index contributed by atoms with van der Waals surface area (Å²) >= 11 is 17.4. The first-order chi connectivity index (χ1) is 5.65. The topological polar surface area (TPSA) is 0 Å². The van der Waals surface area contributed by atoms with Crippen LogP contribution in [0.3, 0.4) is 0 Å². The maximum Gasteiger partial charge on any atom is 0.0445 e. The van der Waals surface area contributed by atoms with Gasteiger partial charge in [-0.1, -0.05) is 30.1 Å². The van der Waals surface area contributed by atoms with Crippen LogP contribution >= 0.6 is 34.8 Å². The van der Waals surface area contributed by atoms with E-state index in [1.54, 1.807) is 12.1 Å². The van der Waals surface area contributed by atoms with Crippen LogP contribution < -0.4 is 0 Å². The molecule has 65 valence electrons. The standard InChI is InChI=1S/C9H8Cl3/c1-6(5-10)8-4-7(11)2-3-9(8)12/h2-4H,5H2,1H3. The average molecular weight is 223 g/mol. The van der Waals surface area contributed by atoms with Crippen LogP contribution in [0.1, 0.15) is 12.5 Å². The first-order valence-corrected chi connectivity index (χ1v) is 4.78. The molecule has 0 aliphatic carbocycles. The Hall–Kier alpha value is 0.0900. The quantitative estimate of drug-likeness (QED) is 0.659. The molecule has 0 aliphatic heterocycles. The third-order valence-electron chi connectivity index (χ3n) is 1.59. The van der Waals surface area contributed by atoms with Gasteiger partial charge < -0.3 is 0 Å². The van der Waals surface area contributed by atoms with Gasteiger partial charge in [-0.05, 0) is 23.8 Å². The highest BCUT2D eigenvalue weighted by molar-refractivity contribution is 6.34. The molecule has 0 atom stereocenters. The largest absolute Gasteiger partial charge is 0.126 e. The lowest BCUT2D eigenvalue weighted by molar-refractivity contribution is 1.16. The molecule has 3 heteroatoms.